The molecule has 23 heavy (non-hydrogen) atoms. The molecule has 1 N–H and O–H groups in total. The summed E-state index contributed by atoms with van der Waals surface area (Å²) in [7, 11) is 0. The van der Waals surface area contributed by atoms with Crippen molar-refractivity contribution < 1.29 is 14.2 Å². The first-order chi connectivity index (χ1) is 10.8. The summed E-state index contributed by atoms with van der Waals surface area (Å²) < 4.78 is 5.97. The van der Waals surface area contributed by atoms with Crippen LogP contribution in [0.4, 0.5) is 0 Å². The van der Waals surface area contributed by atoms with E-state index in [-0.39, 0.29) is 5.91 Å². The summed E-state index contributed by atoms with van der Waals surface area (Å²) in [4.78, 5) is 21.9. The maximum atomic E-state index is 11.2. The quantitative estimate of drug-likeness (QED) is 0.911. The van der Waals surface area contributed by atoms with E-state index in [2.05, 4.69) is 20.6 Å². The third-order valence-corrected chi connectivity index (χ3v) is 4.57. The van der Waals surface area contributed by atoms with Crippen LogP contribution in [-0.2, 0) is 15.2 Å². The van der Waals surface area contributed by atoms with E-state index in [9.17, 15) is 4.79 Å². The van der Waals surface area contributed by atoms with Crippen LogP contribution in [0.1, 0.15) is 49.9 Å². The molecular formula is C14H15ClN4O3S. The van der Waals surface area contributed by atoms with Gasteiger partial charge in [-0.05, 0) is 26.0 Å². The Morgan fingerprint density at radius 2 is 2.26 bits per heavy atom. The molecule has 0 aromatic carbocycles. The monoisotopic (exact) mass is 354 g/mol. The predicted octanol–water partition coefficient (Wildman–Crippen LogP) is 3.02. The summed E-state index contributed by atoms with van der Waals surface area (Å²) in [5.41, 5.74) is 0.0738. The minimum absolute atomic E-state index is 0.168. The first-order valence-corrected chi connectivity index (χ1v) is 8.16. The van der Waals surface area contributed by atoms with E-state index < -0.39 is 11.6 Å². The molecule has 3 rings (SSSR count). The molecule has 0 unspecified atom stereocenters. The van der Waals surface area contributed by atoms with Crippen molar-refractivity contribution >= 4 is 34.6 Å². The molecule has 7 nitrogen and oxygen atoms in total. The van der Waals surface area contributed by atoms with Gasteiger partial charge in [0.25, 0.3) is 5.89 Å². The van der Waals surface area contributed by atoms with E-state index in [0.717, 1.165) is 10.6 Å². The van der Waals surface area contributed by atoms with E-state index in [1.807, 2.05) is 12.1 Å². The number of nitrogens with one attached hydrogen (secondary N) is 1. The van der Waals surface area contributed by atoms with Crippen LogP contribution in [0.5, 0.6) is 0 Å². The van der Waals surface area contributed by atoms with Crippen LogP contribution in [-0.4, -0.2) is 21.8 Å². The van der Waals surface area contributed by atoms with Crippen LogP contribution < -0.4 is 5.32 Å². The number of rotatable bonds is 4. The molecule has 0 saturated heterocycles. The molecule has 2 aromatic rings. The van der Waals surface area contributed by atoms with Gasteiger partial charge in [0.2, 0.25) is 12.0 Å². The van der Waals surface area contributed by atoms with Crippen molar-refractivity contribution in [2.75, 3.05) is 0 Å². The lowest BCUT2D eigenvalue weighted by Gasteiger charge is -2.20. The molecule has 0 saturated carbocycles. The van der Waals surface area contributed by atoms with Gasteiger partial charge in [0.05, 0.1) is 14.8 Å². The Balaban J connectivity index is 1.72. The fourth-order valence-electron chi connectivity index (χ4n) is 2.24. The maximum absolute atomic E-state index is 11.2. The van der Waals surface area contributed by atoms with Crippen molar-refractivity contribution in [2.24, 2.45) is 5.16 Å². The molecule has 3 heterocycles. The fraction of sp³-hybridized carbons (Fsp3) is 0.429. The number of hydrogen-bond acceptors (Lipinski definition) is 7. The fourth-order valence-corrected chi connectivity index (χ4v) is 3.27. The highest BCUT2D eigenvalue weighted by molar-refractivity contribution is 7.18. The lowest BCUT2D eigenvalue weighted by atomic mass is 10.1. The molecule has 0 radical (unpaired) electrons. The van der Waals surface area contributed by atoms with E-state index in [4.69, 9.17) is 21.0 Å². The van der Waals surface area contributed by atoms with Gasteiger partial charge in [-0.1, -0.05) is 21.9 Å². The minimum atomic E-state index is -0.725. The second-order valence-electron chi connectivity index (χ2n) is 5.70. The highest BCUT2D eigenvalue weighted by Crippen LogP contribution is 2.32. The van der Waals surface area contributed by atoms with E-state index in [0.29, 0.717) is 22.5 Å². The molecule has 1 atom stereocenters. The summed E-state index contributed by atoms with van der Waals surface area (Å²) in [6, 6.07) is 3.72. The third kappa shape index (κ3) is 3.37. The number of aromatic nitrogens is 2. The summed E-state index contributed by atoms with van der Waals surface area (Å²) in [6.45, 7) is 5.04. The molecule has 9 heteroatoms. The van der Waals surface area contributed by atoms with E-state index in [1.54, 1.807) is 13.8 Å². The van der Waals surface area contributed by atoms with Gasteiger partial charge in [-0.2, -0.15) is 4.98 Å². The molecule has 0 bridgehead atoms. The van der Waals surface area contributed by atoms with Crippen molar-refractivity contribution in [1.82, 2.24) is 15.5 Å². The number of hydrogen-bond donors (Lipinski definition) is 1. The Morgan fingerprint density at radius 3 is 2.91 bits per heavy atom. The Hall–Kier alpha value is -1.93. The second-order valence-corrected chi connectivity index (χ2v) is 7.42. The maximum Gasteiger partial charge on any atom is 0.271 e. The molecule has 1 amide bonds. The van der Waals surface area contributed by atoms with Gasteiger partial charge in [-0.25, -0.2) is 0 Å². The summed E-state index contributed by atoms with van der Waals surface area (Å²) >= 11 is 7.37. The molecule has 2 aromatic heterocycles. The Bertz CT molecular complexity index is 768. The standard InChI is InChI=1S/C14H15ClN4O3S/c1-7(20)17-14(2,3)13-16-12(22-19-13)9-6-8(18-21-9)10-4-5-11(15)23-10/h4-5,9H,6H2,1-3H3,(H,17,20)/t9-/m0/s1. The van der Waals surface area contributed by atoms with Crippen molar-refractivity contribution in [1.29, 1.82) is 0 Å². The molecule has 1 aliphatic heterocycles. The van der Waals surface area contributed by atoms with Gasteiger partial charge in [0.15, 0.2) is 5.82 Å². The zero-order valence-corrected chi connectivity index (χ0v) is 14.4. The Kier molecular flexibility index (Phi) is 4.11. The number of carbonyl (C=O) groups is 1. The number of thiophene rings is 1. The van der Waals surface area contributed by atoms with Gasteiger partial charge in [-0.3, -0.25) is 4.79 Å². The van der Waals surface area contributed by atoms with Gasteiger partial charge in [0.1, 0.15) is 5.71 Å². The van der Waals surface area contributed by atoms with Gasteiger partial charge >= 0.3 is 0 Å². The number of halogens is 1. The van der Waals surface area contributed by atoms with E-state index >= 15 is 0 Å². The van der Waals surface area contributed by atoms with Gasteiger partial charge in [-0.15, -0.1) is 11.3 Å². The van der Waals surface area contributed by atoms with Crippen LogP contribution in [0.15, 0.2) is 21.8 Å². The largest absolute Gasteiger partial charge is 0.382 e. The highest BCUT2D eigenvalue weighted by atomic mass is 35.5. The zero-order valence-electron chi connectivity index (χ0n) is 12.8. The first kappa shape index (κ1) is 15.9. The molecule has 1 aliphatic rings. The number of amides is 1. The average molecular weight is 355 g/mol. The van der Waals surface area contributed by atoms with Crippen molar-refractivity contribution in [2.45, 2.75) is 38.8 Å². The van der Waals surface area contributed by atoms with Gasteiger partial charge in [0, 0.05) is 13.3 Å². The van der Waals surface area contributed by atoms with Crippen LogP contribution >= 0.6 is 22.9 Å². The second kappa shape index (κ2) is 5.93. The SMILES string of the molecule is CC(=O)NC(C)(C)c1noc([C@@H]2CC(c3ccc(Cl)s3)=NO2)n1. The predicted molar refractivity (Wildman–Crippen MR) is 85.4 cm³/mol. The number of nitrogens with zero attached hydrogens (tertiary/aromatic N) is 3. The summed E-state index contributed by atoms with van der Waals surface area (Å²) in [6.07, 6.45) is 0.0965. The molecular weight excluding hydrogens is 340 g/mol. The Morgan fingerprint density at radius 1 is 1.48 bits per heavy atom. The van der Waals surface area contributed by atoms with Crippen molar-refractivity contribution in [3.63, 3.8) is 0 Å². The Labute approximate surface area is 141 Å². The number of oxime groups is 1. The van der Waals surface area contributed by atoms with Crippen LogP contribution in [0.2, 0.25) is 4.34 Å². The third-order valence-electron chi connectivity index (χ3n) is 3.29. The van der Waals surface area contributed by atoms with Crippen LogP contribution in [0, 0.1) is 0 Å². The first-order valence-electron chi connectivity index (χ1n) is 6.96. The molecule has 0 aliphatic carbocycles. The normalized spacial score (nSPS) is 17.7. The van der Waals surface area contributed by atoms with Crippen molar-refractivity contribution in [3.8, 4) is 0 Å². The molecule has 0 spiro atoms. The van der Waals surface area contributed by atoms with E-state index in [1.165, 1.54) is 18.3 Å². The van der Waals surface area contributed by atoms with Gasteiger partial charge < -0.3 is 14.7 Å². The highest BCUT2D eigenvalue weighted by Gasteiger charge is 2.33. The number of carbonyl (C=O) groups excluding carboxylic acids is 1. The van der Waals surface area contributed by atoms with Crippen LogP contribution in [0.25, 0.3) is 0 Å². The minimum Gasteiger partial charge on any atom is -0.382 e. The summed E-state index contributed by atoms with van der Waals surface area (Å²) in [5, 5.41) is 10.8. The smallest absolute Gasteiger partial charge is 0.271 e. The van der Waals surface area contributed by atoms with Crippen molar-refractivity contribution in [3.05, 3.63) is 33.1 Å². The average Bonchev–Trinajstić information content (AvgIpc) is 3.16. The topological polar surface area (TPSA) is 89.6 Å². The van der Waals surface area contributed by atoms with Crippen LogP contribution in [0.3, 0.4) is 0 Å². The lowest BCUT2D eigenvalue weighted by molar-refractivity contribution is -0.120. The lowest BCUT2D eigenvalue weighted by Crippen LogP contribution is -2.40. The molecule has 122 valence electrons. The molecule has 0 fully saturated rings. The zero-order chi connectivity index (χ0) is 16.6. The summed E-state index contributed by atoms with van der Waals surface area (Å²) in [5.74, 6) is 0.553.